The topological polar surface area (TPSA) is 84.3 Å². The molecule has 1 unspecified atom stereocenters. The van der Waals surface area contributed by atoms with Crippen LogP contribution in [0.1, 0.15) is 45.9 Å². The number of rotatable bonds is 3. The van der Waals surface area contributed by atoms with Gasteiger partial charge in [-0.25, -0.2) is 4.98 Å². The van der Waals surface area contributed by atoms with Crippen molar-refractivity contribution in [2.24, 2.45) is 0 Å². The Morgan fingerprint density at radius 3 is 2.62 bits per heavy atom. The molecule has 1 fully saturated rings. The summed E-state index contributed by atoms with van der Waals surface area (Å²) in [6.45, 7) is 6.12. The van der Waals surface area contributed by atoms with Gasteiger partial charge in [0.1, 0.15) is 21.5 Å². The second-order valence-electron chi connectivity index (χ2n) is 6.80. The van der Waals surface area contributed by atoms with Crippen molar-refractivity contribution in [2.75, 3.05) is 17.9 Å². The third-order valence-corrected chi connectivity index (χ3v) is 5.19. The largest absolute Gasteiger partial charge is 0.463 e. The predicted octanol–water partition coefficient (Wildman–Crippen LogP) is 1.56. The first-order chi connectivity index (χ1) is 9.85. The maximum absolute atomic E-state index is 12.1. The molecule has 1 atom stereocenters. The molecule has 7 heteroatoms. The number of aliphatic hydroxyl groups excluding tert-OH is 1. The zero-order chi connectivity index (χ0) is 15.3. The van der Waals surface area contributed by atoms with Gasteiger partial charge in [-0.05, 0) is 19.3 Å². The number of nitrogens with one attached hydrogen (secondary N) is 1. The lowest BCUT2D eigenvalue weighted by Crippen LogP contribution is -2.48. The van der Waals surface area contributed by atoms with Gasteiger partial charge in [0.15, 0.2) is 11.8 Å². The van der Waals surface area contributed by atoms with E-state index in [1.54, 1.807) is 0 Å². The van der Waals surface area contributed by atoms with Gasteiger partial charge in [0.05, 0.1) is 12.1 Å². The molecule has 2 N–H and O–H groups in total. The Kier molecular flexibility index (Phi) is 3.44. The van der Waals surface area contributed by atoms with Crippen LogP contribution in [0.3, 0.4) is 0 Å². The second kappa shape index (κ2) is 4.91. The Hall–Kier alpha value is -1.21. The van der Waals surface area contributed by atoms with E-state index in [-0.39, 0.29) is 23.5 Å². The lowest BCUT2D eigenvalue weighted by Gasteiger charge is -2.41. The van der Waals surface area contributed by atoms with Crippen LogP contribution in [0.4, 0.5) is 5.82 Å². The maximum atomic E-state index is 12.1. The van der Waals surface area contributed by atoms with Crippen LogP contribution in [-0.2, 0) is 16.2 Å². The number of nitrogens with zero attached hydrogens (tertiary/aromatic N) is 2. The smallest absolute Gasteiger partial charge is 0.236 e. The predicted molar refractivity (Wildman–Crippen MR) is 79.9 cm³/mol. The molecule has 1 aliphatic carbocycles. The van der Waals surface area contributed by atoms with Crippen molar-refractivity contribution in [3.05, 3.63) is 5.82 Å². The molecule has 1 saturated carbocycles. The van der Waals surface area contributed by atoms with Gasteiger partial charge in [-0.15, -0.1) is 0 Å². The van der Waals surface area contributed by atoms with Crippen molar-refractivity contribution in [3.8, 4) is 5.88 Å². The summed E-state index contributed by atoms with van der Waals surface area (Å²) in [6.07, 6.45) is 2.85. The first-order valence-electron chi connectivity index (χ1n) is 7.17. The summed E-state index contributed by atoms with van der Waals surface area (Å²) < 4.78 is 17.6. The minimum absolute atomic E-state index is 0.0458. The van der Waals surface area contributed by atoms with Crippen molar-refractivity contribution < 1.29 is 14.1 Å². The number of fused-ring (bicyclic) bond motifs is 1. The van der Waals surface area contributed by atoms with Crippen LogP contribution in [-0.4, -0.2) is 37.4 Å². The number of aromatic nitrogens is 2. The van der Waals surface area contributed by atoms with Crippen LogP contribution in [0.25, 0.3) is 0 Å². The van der Waals surface area contributed by atoms with Gasteiger partial charge >= 0.3 is 0 Å². The van der Waals surface area contributed by atoms with Gasteiger partial charge in [0.2, 0.25) is 5.88 Å². The highest BCUT2D eigenvalue weighted by molar-refractivity contribution is 7.85. The highest BCUT2D eigenvalue weighted by Gasteiger charge is 2.39. The zero-order valence-electron chi connectivity index (χ0n) is 12.6. The molecule has 0 spiro atoms. The van der Waals surface area contributed by atoms with E-state index in [4.69, 9.17) is 4.74 Å². The minimum Gasteiger partial charge on any atom is -0.463 e. The molecular formula is C14H21N3O3S. The Morgan fingerprint density at radius 2 is 2.10 bits per heavy atom. The number of ether oxygens (including phenoxy) is 1. The van der Waals surface area contributed by atoms with Gasteiger partial charge < -0.3 is 15.2 Å². The quantitative estimate of drug-likeness (QED) is 0.881. The van der Waals surface area contributed by atoms with E-state index in [9.17, 15) is 9.32 Å². The van der Waals surface area contributed by atoms with E-state index in [1.165, 1.54) is 0 Å². The molecule has 6 nitrogen and oxygen atoms in total. The van der Waals surface area contributed by atoms with Crippen molar-refractivity contribution in [1.29, 1.82) is 0 Å². The summed E-state index contributed by atoms with van der Waals surface area (Å²) in [4.78, 5) is 9.51. The van der Waals surface area contributed by atoms with E-state index < -0.39 is 10.8 Å². The lowest BCUT2D eigenvalue weighted by molar-refractivity contribution is 0.143. The Balaban J connectivity index is 2.05. The van der Waals surface area contributed by atoms with Gasteiger partial charge in [-0.2, -0.15) is 4.98 Å². The van der Waals surface area contributed by atoms with Crippen LogP contribution in [0.5, 0.6) is 5.88 Å². The summed E-state index contributed by atoms with van der Waals surface area (Å²) >= 11 is 0. The van der Waals surface area contributed by atoms with Gasteiger partial charge in [-0.3, -0.25) is 4.21 Å². The number of hydrogen-bond donors (Lipinski definition) is 2. The first kappa shape index (κ1) is 14.7. The normalized spacial score (nSPS) is 23.1. The SMILES string of the molecule is CC(C)(C)c1nc(NC2(CO)CCC2)c2c(n1)OCS2=O. The molecule has 0 radical (unpaired) electrons. The highest BCUT2D eigenvalue weighted by atomic mass is 32.2. The van der Waals surface area contributed by atoms with Gasteiger partial charge in [0, 0.05) is 5.41 Å². The van der Waals surface area contributed by atoms with Crippen LogP contribution in [0, 0.1) is 0 Å². The van der Waals surface area contributed by atoms with E-state index >= 15 is 0 Å². The standard InChI is InChI=1S/C14H21N3O3S/c1-13(2,3)12-15-10(17-14(7-18)5-4-6-14)9-11(16-12)20-8-21(9)19/h18H,4-8H2,1-3H3,(H,15,16,17). The van der Waals surface area contributed by atoms with E-state index in [0.717, 1.165) is 19.3 Å². The fourth-order valence-electron chi connectivity index (χ4n) is 2.50. The van der Waals surface area contributed by atoms with Crippen LogP contribution in [0.15, 0.2) is 4.90 Å². The number of hydrogen-bond acceptors (Lipinski definition) is 6. The minimum atomic E-state index is -1.25. The summed E-state index contributed by atoms with van der Waals surface area (Å²) in [6, 6.07) is 0. The zero-order valence-corrected chi connectivity index (χ0v) is 13.4. The molecule has 2 aliphatic rings. The molecule has 116 valence electrons. The van der Waals surface area contributed by atoms with Gasteiger partial charge in [-0.1, -0.05) is 20.8 Å². The molecule has 21 heavy (non-hydrogen) atoms. The summed E-state index contributed by atoms with van der Waals surface area (Å²) in [5.41, 5.74) is -0.574. The van der Waals surface area contributed by atoms with Crippen molar-refractivity contribution in [3.63, 3.8) is 0 Å². The Morgan fingerprint density at radius 1 is 1.38 bits per heavy atom. The van der Waals surface area contributed by atoms with Gasteiger partial charge in [0.25, 0.3) is 0 Å². The van der Waals surface area contributed by atoms with E-state index in [2.05, 4.69) is 15.3 Å². The van der Waals surface area contributed by atoms with Crippen LogP contribution < -0.4 is 10.1 Å². The first-order valence-corrected chi connectivity index (χ1v) is 8.49. The molecule has 2 heterocycles. The number of aliphatic hydroxyl groups is 1. The molecule has 1 aliphatic heterocycles. The van der Waals surface area contributed by atoms with E-state index in [0.29, 0.717) is 22.4 Å². The molecule has 0 bridgehead atoms. The van der Waals surface area contributed by atoms with Crippen LogP contribution in [0.2, 0.25) is 0 Å². The molecule has 0 aromatic carbocycles. The fraction of sp³-hybridized carbons (Fsp3) is 0.714. The Labute approximate surface area is 126 Å². The average molecular weight is 311 g/mol. The molecule has 0 amide bonds. The third-order valence-electron chi connectivity index (χ3n) is 4.03. The Bertz CT molecular complexity index is 588. The molecular weight excluding hydrogens is 290 g/mol. The van der Waals surface area contributed by atoms with Crippen molar-refractivity contribution in [2.45, 2.75) is 55.9 Å². The summed E-state index contributed by atoms with van der Waals surface area (Å²) in [5.74, 6) is 1.73. The number of anilines is 1. The summed E-state index contributed by atoms with van der Waals surface area (Å²) in [7, 11) is -1.25. The maximum Gasteiger partial charge on any atom is 0.236 e. The van der Waals surface area contributed by atoms with E-state index in [1.807, 2.05) is 20.8 Å². The van der Waals surface area contributed by atoms with Crippen molar-refractivity contribution in [1.82, 2.24) is 9.97 Å². The monoisotopic (exact) mass is 311 g/mol. The summed E-state index contributed by atoms with van der Waals surface area (Å²) in [5, 5.41) is 12.9. The fourth-order valence-corrected chi connectivity index (χ4v) is 3.45. The molecule has 0 saturated heterocycles. The molecule has 3 rings (SSSR count). The second-order valence-corrected chi connectivity index (χ2v) is 8.14. The average Bonchev–Trinajstić information content (AvgIpc) is 2.75. The molecule has 1 aromatic heterocycles. The van der Waals surface area contributed by atoms with Crippen LogP contribution >= 0.6 is 0 Å². The van der Waals surface area contributed by atoms with Crippen molar-refractivity contribution >= 4 is 16.6 Å². The third kappa shape index (κ3) is 2.53. The molecule has 1 aromatic rings. The lowest BCUT2D eigenvalue weighted by atomic mass is 9.77. The highest BCUT2D eigenvalue weighted by Crippen LogP contribution is 2.40.